The molecule has 3 nitrogen and oxygen atoms in total. The SMILES string of the molecule is C(NC1CC1)c1nnc(CC2CC2)s1. The van der Waals surface area contributed by atoms with E-state index in [-0.39, 0.29) is 0 Å². The lowest BCUT2D eigenvalue weighted by Gasteiger charge is -1.95. The number of aromatic nitrogens is 2. The molecule has 0 amide bonds. The Morgan fingerprint density at radius 1 is 1.14 bits per heavy atom. The second-order valence-electron chi connectivity index (χ2n) is 4.39. The lowest BCUT2D eigenvalue weighted by molar-refractivity contribution is 0.677. The van der Waals surface area contributed by atoms with Crippen LogP contribution in [0.4, 0.5) is 0 Å². The van der Waals surface area contributed by atoms with Crippen molar-refractivity contribution in [2.75, 3.05) is 0 Å². The minimum Gasteiger partial charge on any atom is -0.308 e. The molecule has 0 radical (unpaired) electrons. The van der Waals surface area contributed by atoms with Crippen LogP contribution in [0.3, 0.4) is 0 Å². The maximum absolute atomic E-state index is 4.22. The van der Waals surface area contributed by atoms with Gasteiger partial charge in [0.1, 0.15) is 10.0 Å². The highest BCUT2D eigenvalue weighted by atomic mass is 32.1. The average molecular weight is 209 g/mol. The monoisotopic (exact) mass is 209 g/mol. The van der Waals surface area contributed by atoms with Gasteiger partial charge >= 0.3 is 0 Å². The zero-order chi connectivity index (χ0) is 9.38. The highest BCUT2D eigenvalue weighted by Crippen LogP contribution is 2.33. The summed E-state index contributed by atoms with van der Waals surface area (Å²) >= 11 is 1.79. The lowest BCUT2D eigenvalue weighted by Crippen LogP contribution is -2.14. The molecule has 1 heterocycles. The van der Waals surface area contributed by atoms with E-state index in [0.717, 1.165) is 23.5 Å². The summed E-state index contributed by atoms with van der Waals surface area (Å²) in [7, 11) is 0. The standard InChI is InChI=1S/C10H15N3S/c1-2-7(1)5-9-12-13-10(14-9)6-11-8-3-4-8/h7-8,11H,1-6H2. The molecule has 1 aromatic rings. The Morgan fingerprint density at radius 3 is 2.64 bits per heavy atom. The summed E-state index contributed by atoms with van der Waals surface area (Å²) in [5.41, 5.74) is 0. The van der Waals surface area contributed by atoms with Gasteiger partial charge in [-0.15, -0.1) is 21.5 Å². The second-order valence-corrected chi connectivity index (χ2v) is 5.54. The fourth-order valence-electron chi connectivity index (χ4n) is 1.53. The largest absolute Gasteiger partial charge is 0.308 e. The first-order chi connectivity index (χ1) is 6.90. The highest BCUT2D eigenvalue weighted by molar-refractivity contribution is 7.11. The summed E-state index contributed by atoms with van der Waals surface area (Å²) in [5, 5.41) is 14.3. The number of nitrogens with one attached hydrogen (secondary N) is 1. The Balaban J connectivity index is 1.52. The van der Waals surface area contributed by atoms with E-state index in [1.54, 1.807) is 11.3 Å². The van der Waals surface area contributed by atoms with Crippen LogP contribution in [-0.2, 0) is 13.0 Å². The van der Waals surface area contributed by atoms with E-state index in [4.69, 9.17) is 0 Å². The summed E-state index contributed by atoms with van der Waals surface area (Å²) in [5.74, 6) is 0.923. The molecule has 76 valence electrons. The van der Waals surface area contributed by atoms with Crippen LogP contribution in [0.1, 0.15) is 35.7 Å². The van der Waals surface area contributed by atoms with Crippen LogP contribution >= 0.6 is 11.3 Å². The molecular weight excluding hydrogens is 194 g/mol. The topological polar surface area (TPSA) is 37.8 Å². The third-order valence-electron chi connectivity index (χ3n) is 2.79. The van der Waals surface area contributed by atoms with Crippen molar-refractivity contribution < 1.29 is 0 Å². The molecule has 0 aliphatic heterocycles. The molecule has 0 atom stereocenters. The Labute approximate surface area is 87.9 Å². The van der Waals surface area contributed by atoms with Crippen LogP contribution in [0.15, 0.2) is 0 Å². The van der Waals surface area contributed by atoms with Crippen LogP contribution in [0.25, 0.3) is 0 Å². The summed E-state index contributed by atoms with van der Waals surface area (Å²) in [6.45, 7) is 0.924. The minimum absolute atomic E-state index is 0.769. The third kappa shape index (κ3) is 2.30. The van der Waals surface area contributed by atoms with Crippen molar-refractivity contribution in [1.29, 1.82) is 0 Å². The molecule has 4 heteroatoms. The van der Waals surface area contributed by atoms with E-state index in [0.29, 0.717) is 0 Å². The predicted octanol–water partition coefficient (Wildman–Crippen LogP) is 1.74. The van der Waals surface area contributed by atoms with Crippen LogP contribution in [0.2, 0.25) is 0 Å². The Morgan fingerprint density at radius 2 is 1.93 bits per heavy atom. The number of nitrogens with zero attached hydrogens (tertiary/aromatic N) is 2. The van der Waals surface area contributed by atoms with Gasteiger partial charge in [0, 0.05) is 19.0 Å². The van der Waals surface area contributed by atoms with Crippen molar-refractivity contribution in [3.05, 3.63) is 10.0 Å². The molecule has 2 aliphatic rings. The fraction of sp³-hybridized carbons (Fsp3) is 0.800. The summed E-state index contributed by atoms with van der Waals surface area (Å²) in [6, 6.07) is 0.769. The van der Waals surface area contributed by atoms with Crippen molar-refractivity contribution in [2.24, 2.45) is 5.92 Å². The first-order valence-electron chi connectivity index (χ1n) is 5.45. The fourth-order valence-corrected chi connectivity index (χ4v) is 2.44. The van der Waals surface area contributed by atoms with Crippen molar-refractivity contribution in [3.8, 4) is 0 Å². The molecule has 1 N–H and O–H groups in total. The van der Waals surface area contributed by atoms with Crippen molar-refractivity contribution in [2.45, 2.75) is 44.7 Å². The zero-order valence-corrected chi connectivity index (χ0v) is 9.02. The van der Waals surface area contributed by atoms with Gasteiger partial charge in [-0.2, -0.15) is 0 Å². The maximum atomic E-state index is 4.22. The second kappa shape index (κ2) is 3.59. The molecular formula is C10H15N3S. The van der Waals surface area contributed by atoms with E-state index in [9.17, 15) is 0 Å². The minimum atomic E-state index is 0.769. The van der Waals surface area contributed by atoms with E-state index in [2.05, 4.69) is 15.5 Å². The lowest BCUT2D eigenvalue weighted by atomic mass is 10.3. The Bertz CT molecular complexity index is 315. The van der Waals surface area contributed by atoms with Gasteiger partial charge in [0.15, 0.2) is 0 Å². The first kappa shape index (κ1) is 8.80. The van der Waals surface area contributed by atoms with Gasteiger partial charge in [0.2, 0.25) is 0 Å². The van der Waals surface area contributed by atoms with Crippen molar-refractivity contribution in [3.63, 3.8) is 0 Å². The smallest absolute Gasteiger partial charge is 0.131 e. The van der Waals surface area contributed by atoms with Crippen LogP contribution < -0.4 is 5.32 Å². The molecule has 0 spiro atoms. The predicted molar refractivity (Wildman–Crippen MR) is 56.2 cm³/mol. The zero-order valence-electron chi connectivity index (χ0n) is 8.20. The molecule has 0 unspecified atom stereocenters. The summed E-state index contributed by atoms with van der Waals surface area (Å²) in [4.78, 5) is 0. The normalized spacial score (nSPS) is 21.4. The van der Waals surface area contributed by atoms with E-state index in [1.165, 1.54) is 37.1 Å². The van der Waals surface area contributed by atoms with Gasteiger partial charge < -0.3 is 5.32 Å². The summed E-state index contributed by atoms with van der Waals surface area (Å²) < 4.78 is 0. The molecule has 0 aromatic carbocycles. The van der Waals surface area contributed by atoms with E-state index < -0.39 is 0 Å². The van der Waals surface area contributed by atoms with Gasteiger partial charge in [-0.3, -0.25) is 0 Å². The Hall–Kier alpha value is -0.480. The molecule has 0 saturated heterocycles. The molecule has 0 bridgehead atoms. The van der Waals surface area contributed by atoms with Gasteiger partial charge in [0.25, 0.3) is 0 Å². The molecule has 2 saturated carbocycles. The number of hydrogen-bond donors (Lipinski definition) is 1. The van der Waals surface area contributed by atoms with E-state index >= 15 is 0 Å². The van der Waals surface area contributed by atoms with E-state index in [1.807, 2.05) is 0 Å². The van der Waals surface area contributed by atoms with Crippen molar-refractivity contribution in [1.82, 2.24) is 15.5 Å². The van der Waals surface area contributed by atoms with Crippen LogP contribution in [0.5, 0.6) is 0 Å². The highest BCUT2D eigenvalue weighted by Gasteiger charge is 2.24. The summed E-state index contributed by atoms with van der Waals surface area (Å²) in [6.07, 6.45) is 6.65. The average Bonchev–Trinajstić information content (AvgIpc) is 3.06. The van der Waals surface area contributed by atoms with Gasteiger partial charge in [0.05, 0.1) is 0 Å². The first-order valence-corrected chi connectivity index (χ1v) is 6.26. The van der Waals surface area contributed by atoms with Crippen LogP contribution in [0, 0.1) is 5.92 Å². The van der Waals surface area contributed by atoms with Gasteiger partial charge in [-0.05, 0) is 31.6 Å². The number of hydrogen-bond acceptors (Lipinski definition) is 4. The maximum Gasteiger partial charge on any atom is 0.131 e. The van der Waals surface area contributed by atoms with Crippen LogP contribution in [-0.4, -0.2) is 16.2 Å². The molecule has 14 heavy (non-hydrogen) atoms. The van der Waals surface area contributed by atoms with Gasteiger partial charge in [-0.1, -0.05) is 0 Å². The van der Waals surface area contributed by atoms with Gasteiger partial charge in [-0.25, -0.2) is 0 Å². The molecule has 3 rings (SSSR count). The van der Waals surface area contributed by atoms with Crippen molar-refractivity contribution >= 4 is 11.3 Å². The molecule has 2 fully saturated rings. The quantitative estimate of drug-likeness (QED) is 0.802. The molecule has 2 aliphatic carbocycles. The number of rotatable bonds is 5. The third-order valence-corrected chi connectivity index (χ3v) is 3.73. The Kier molecular flexibility index (Phi) is 2.25. The molecule has 1 aromatic heterocycles.